The number of oxime groups is 1. The second kappa shape index (κ2) is 8.05. The van der Waals surface area contributed by atoms with E-state index in [-0.39, 0.29) is 13.0 Å². The first-order valence-electron chi connectivity index (χ1n) is 10.4. The number of benzene rings is 1. The number of nitrogens with zero attached hydrogens (tertiary/aromatic N) is 2. The molecule has 1 aromatic carbocycles. The maximum Gasteiger partial charge on any atom is 0.411 e. The van der Waals surface area contributed by atoms with Gasteiger partial charge in [0.25, 0.3) is 0 Å². The van der Waals surface area contributed by atoms with Crippen LogP contribution in [0.5, 0.6) is 5.75 Å². The number of esters is 1. The first-order valence-corrected chi connectivity index (χ1v) is 10.4. The minimum absolute atomic E-state index is 0.175. The van der Waals surface area contributed by atoms with Crippen molar-refractivity contribution < 1.29 is 28.6 Å². The Morgan fingerprint density at radius 3 is 2.35 bits per heavy atom. The van der Waals surface area contributed by atoms with E-state index in [2.05, 4.69) is 5.16 Å². The summed E-state index contributed by atoms with van der Waals surface area (Å²) in [6, 6.07) is 6.73. The monoisotopic (exact) mass is 432 g/mol. The molecular weight excluding hydrogens is 400 g/mol. The molecule has 0 saturated carbocycles. The van der Waals surface area contributed by atoms with Gasteiger partial charge in [0.05, 0.1) is 19.4 Å². The fraction of sp³-hybridized carbons (Fsp3) is 0.609. The summed E-state index contributed by atoms with van der Waals surface area (Å²) in [5.41, 5.74) is -0.657. The van der Waals surface area contributed by atoms with Gasteiger partial charge in [-0.25, -0.2) is 9.59 Å². The molecule has 1 aromatic rings. The molecule has 8 nitrogen and oxygen atoms in total. The van der Waals surface area contributed by atoms with Crippen molar-refractivity contribution in [2.75, 3.05) is 13.7 Å². The third kappa shape index (κ3) is 5.29. The number of hydrogen-bond donors (Lipinski definition) is 0. The zero-order chi connectivity index (χ0) is 23.0. The topological polar surface area (TPSA) is 86.7 Å². The zero-order valence-corrected chi connectivity index (χ0v) is 19.4. The minimum atomic E-state index is -0.825. The number of likely N-dealkylation sites (tertiary alicyclic amines) is 1. The Bertz CT molecular complexity index is 845. The number of ether oxygens (including phenoxy) is 3. The van der Waals surface area contributed by atoms with E-state index >= 15 is 0 Å². The number of methoxy groups -OCH3 is 1. The summed E-state index contributed by atoms with van der Waals surface area (Å²) in [6.45, 7) is 10.9. The van der Waals surface area contributed by atoms with Crippen LogP contribution >= 0.6 is 0 Å². The Kier molecular flexibility index (Phi) is 5.95. The summed E-state index contributed by atoms with van der Waals surface area (Å²) >= 11 is 0. The van der Waals surface area contributed by atoms with Gasteiger partial charge < -0.3 is 19.0 Å². The minimum Gasteiger partial charge on any atom is -0.496 e. The van der Waals surface area contributed by atoms with Gasteiger partial charge in [0.15, 0.2) is 5.60 Å². The van der Waals surface area contributed by atoms with Crippen LogP contribution < -0.4 is 4.74 Å². The molecule has 2 aliphatic heterocycles. The summed E-state index contributed by atoms with van der Waals surface area (Å²) in [4.78, 5) is 33.1. The number of carbonyl (C=O) groups excluding carboxylic acids is 2. The van der Waals surface area contributed by atoms with Crippen molar-refractivity contribution >= 4 is 17.8 Å². The van der Waals surface area contributed by atoms with E-state index < -0.39 is 34.9 Å². The average molecular weight is 433 g/mol. The van der Waals surface area contributed by atoms with Gasteiger partial charge >= 0.3 is 12.1 Å². The van der Waals surface area contributed by atoms with E-state index in [0.717, 1.165) is 5.56 Å². The molecule has 31 heavy (non-hydrogen) atoms. The smallest absolute Gasteiger partial charge is 0.411 e. The highest BCUT2D eigenvalue weighted by Gasteiger charge is 2.55. The lowest BCUT2D eigenvalue weighted by Gasteiger charge is -2.29. The summed E-state index contributed by atoms with van der Waals surface area (Å²) < 4.78 is 16.6. The van der Waals surface area contributed by atoms with Gasteiger partial charge in [0, 0.05) is 18.4 Å². The molecule has 0 radical (unpaired) electrons. The maximum absolute atomic E-state index is 12.9. The van der Waals surface area contributed by atoms with Gasteiger partial charge in [-0.05, 0) is 53.7 Å². The van der Waals surface area contributed by atoms with Crippen LogP contribution in [-0.4, -0.2) is 59.2 Å². The largest absolute Gasteiger partial charge is 0.496 e. The average Bonchev–Trinajstić information content (AvgIpc) is 3.23. The van der Waals surface area contributed by atoms with Crippen molar-refractivity contribution in [2.45, 2.75) is 77.2 Å². The molecular formula is C23H32N2O6. The maximum atomic E-state index is 12.9. The predicted octanol–water partition coefficient (Wildman–Crippen LogP) is 3.91. The number of hydrogen-bond acceptors (Lipinski definition) is 7. The van der Waals surface area contributed by atoms with Gasteiger partial charge in [-0.3, -0.25) is 4.90 Å². The van der Waals surface area contributed by atoms with Crippen LogP contribution in [0.15, 0.2) is 29.4 Å². The number of amides is 1. The molecule has 0 aliphatic carbocycles. The summed E-state index contributed by atoms with van der Waals surface area (Å²) in [7, 11) is 1.60. The Morgan fingerprint density at radius 1 is 1.10 bits per heavy atom. The second-order valence-corrected chi connectivity index (χ2v) is 10.1. The van der Waals surface area contributed by atoms with Crippen LogP contribution in [0.1, 0.15) is 59.9 Å². The molecule has 2 aliphatic rings. The lowest BCUT2D eigenvalue weighted by molar-refractivity contribution is -0.160. The first kappa shape index (κ1) is 22.9. The van der Waals surface area contributed by atoms with E-state index in [1.807, 2.05) is 24.3 Å². The van der Waals surface area contributed by atoms with Gasteiger partial charge in [-0.15, -0.1) is 0 Å². The van der Waals surface area contributed by atoms with E-state index in [1.165, 1.54) is 4.90 Å². The van der Waals surface area contributed by atoms with Gasteiger partial charge in [-0.2, -0.15) is 0 Å². The Labute approximate surface area is 183 Å². The molecule has 0 unspecified atom stereocenters. The van der Waals surface area contributed by atoms with Crippen molar-refractivity contribution in [1.82, 2.24) is 4.90 Å². The van der Waals surface area contributed by atoms with Crippen molar-refractivity contribution in [2.24, 2.45) is 5.16 Å². The molecule has 1 spiro atoms. The summed E-state index contributed by atoms with van der Waals surface area (Å²) in [5, 5.41) is 4.29. The second-order valence-electron chi connectivity index (χ2n) is 10.1. The zero-order valence-electron chi connectivity index (χ0n) is 19.4. The third-order valence-electron chi connectivity index (χ3n) is 4.96. The molecule has 170 valence electrons. The molecule has 0 aromatic heterocycles. The third-order valence-corrected chi connectivity index (χ3v) is 4.96. The summed E-state index contributed by atoms with van der Waals surface area (Å²) in [6.07, 6.45) is 0.129. The fourth-order valence-corrected chi connectivity index (χ4v) is 3.78. The highest BCUT2D eigenvalue weighted by molar-refractivity contribution is 6.04. The number of carbonyl (C=O) groups is 2. The number of para-hydroxylation sites is 1. The van der Waals surface area contributed by atoms with Crippen LogP contribution in [0.3, 0.4) is 0 Å². The fourth-order valence-electron chi connectivity index (χ4n) is 3.78. The standard InChI is InChI=1S/C23H32N2O6/c1-21(2,3)29-19(26)17-13-23(14-25(17)20(27)30-22(4,5)6)12-16(24-31-23)15-10-8-9-11-18(15)28-7/h8-11,17H,12-14H2,1-7H3/t17-,23-/m0/s1. The van der Waals surface area contributed by atoms with E-state index in [0.29, 0.717) is 17.9 Å². The highest BCUT2D eigenvalue weighted by atomic mass is 16.7. The molecule has 0 bridgehead atoms. The van der Waals surface area contributed by atoms with E-state index in [4.69, 9.17) is 19.0 Å². The SMILES string of the molecule is COc1ccccc1C1=NO[C@@]2(C1)C[C@@H](C(=O)OC(C)(C)C)N(C(=O)OC(C)(C)C)C2. The molecule has 1 fully saturated rings. The van der Waals surface area contributed by atoms with E-state index in [1.54, 1.807) is 48.7 Å². The normalized spacial score (nSPS) is 23.4. The predicted molar refractivity (Wildman–Crippen MR) is 115 cm³/mol. The first-order chi connectivity index (χ1) is 14.3. The van der Waals surface area contributed by atoms with Gasteiger partial charge in [0.1, 0.15) is 23.0 Å². The molecule has 8 heteroatoms. The van der Waals surface area contributed by atoms with Crippen LogP contribution in [0, 0.1) is 0 Å². The number of rotatable bonds is 3. The molecule has 3 rings (SSSR count). The van der Waals surface area contributed by atoms with E-state index in [9.17, 15) is 9.59 Å². The Balaban J connectivity index is 1.84. The molecule has 1 amide bonds. The lowest BCUT2D eigenvalue weighted by Crippen LogP contribution is -2.46. The molecule has 0 N–H and O–H groups in total. The van der Waals surface area contributed by atoms with Crippen LogP contribution in [0.4, 0.5) is 4.79 Å². The van der Waals surface area contributed by atoms with Gasteiger partial charge in [-0.1, -0.05) is 17.3 Å². The summed E-state index contributed by atoms with van der Waals surface area (Å²) in [5.74, 6) is 0.206. The van der Waals surface area contributed by atoms with Crippen LogP contribution in [0.25, 0.3) is 0 Å². The van der Waals surface area contributed by atoms with Crippen molar-refractivity contribution in [3.8, 4) is 5.75 Å². The molecule has 2 heterocycles. The van der Waals surface area contributed by atoms with Gasteiger partial charge in [0.2, 0.25) is 0 Å². The lowest BCUT2D eigenvalue weighted by atomic mass is 9.91. The van der Waals surface area contributed by atoms with Crippen molar-refractivity contribution in [3.63, 3.8) is 0 Å². The highest BCUT2D eigenvalue weighted by Crippen LogP contribution is 2.41. The molecule has 1 saturated heterocycles. The van der Waals surface area contributed by atoms with Crippen LogP contribution in [0.2, 0.25) is 0 Å². The van der Waals surface area contributed by atoms with Crippen LogP contribution in [-0.2, 0) is 19.1 Å². The van der Waals surface area contributed by atoms with Crippen molar-refractivity contribution in [3.05, 3.63) is 29.8 Å². The van der Waals surface area contributed by atoms with Crippen molar-refractivity contribution in [1.29, 1.82) is 0 Å². The Hall–Kier alpha value is -2.77. The Morgan fingerprint density at radius 2 is 1.74 bits per heavy atom. The quantitative estimate of drug-likeness (QED) is 0.673. The molecule has 2 atom stereocenters.